The summed E-state index contributed by atoms with van der Waals surface area (Å²) in [5, 5.41) is 8.78. The summed E-state index contributed by atoms with van der Waals surface area (Å²) in [5.74, 6) is -0.241. The molecule has 0 bridgehead atoms. The third-order valence-electron chi connectivity index (χ3n) is 2.15. The molecule has 0 aromatic heterocycles. The Morgan fingerprint density at radius 1 is 1.22 bits per heavy atom. The molecule has 0 saturated heterocycles. The molecule has 0 aliphatic rings. The Morgan fingerprint density at radius 3 is 2.17 bits per heavy atom. The van der Waals surface area contributed by atoms with E-state index in [2.05, 4.69) is 4.84 Å². The predicted octanol–water partition coefficient (Wildman–Crippen LogP) is 1.96. The first kappa shape index (κ1) is 28.1. The number of hydrogen-bond acceptors (Lipinski definition) is 6. The number of carbonyl (C=O) groups excluding carboxylic acids is 1. The van der Waals surface area contributed by atoms with Crippen LogP contribution in [-0.4, -0.2) is 17.8 Å². The van der Waals surface area contributed by atoms with Crippen molar-refractivity contribution in [3.8, 4) is 11.5 Å². The van der Waals surface area contributed by atoms with E-state index in [1.165, 1.54) is 6.07 Å². The molecule has 122 valence electrons. The van der Waals surface area contributed by atoms with E-state index < -0.39 is 11.1 Å². The number of hydrogen-bond donors (Lipinski definition) is 0. The fourth-order valence-electron chi connectivity index (χ4n) is 1.32. The van der Waals surface area contributed by atoms with Crippen LogP contribution in [0.2, 0.25) is 0 Å². The normalized spacial score (nSPS) is 7.96. The van der Waals surface area contributed by atoms with Gasteiger partial charge in [-0.15, -0.1) is 16.7 Å². The monoisotopic (exact) mass is 1180 g/mol. The molecule has 2 radical (unpaired) electrons. The van der Waals surface area contributed by atoms with E-state index in [9.17, 15) is 14.9 Å². The summed E-state index contributed by atoms with van der Waals surface area (Å²) in [7, 11) is 0. The first-order chi connectivity index (χ1) is 8.93. The molecule has 0 aliphatic heterocycles. The minimum atomic E-state index is -1.12. The topological polar surface area (TPSA) is 112 Å². The fraction of sp³-hybridized carbons (Fsp3) is 0.273. The van der Waals surface area contributed by atoms with Gasteiger partial charge in [0.15, 0.2) is 5.97 Å². The molecule has 0 spiro atoms. The Morgan fingerprint density at radius 2 is 1.70 bits per heavy atom. The van der Waals surface area contributed by atoms with Gasteiger partial charge in [0.2, 0.25) is 0 Å². The summed E-state index contributed by atoms with van der Waals surface area (Å²) in [5.41, 5.74) is 8.25. The summed E-state index contributed by atoms with van der Waals surface area (Å²) >= 11 is 0. The van der Waals surface area contributed by atoms with E-state index in [0.29, 0.717) is 23.5 Å². The Bertz CT molecular complexity index is 508. The van der Waals surface area contributed by atoms with Crippen LogP contribution in [-0.2, 0) is 50.5 Å². The van der Waals surface area contributed by atoms with Gasteiger partial charge in [-0.25, -0.2) is 0 Å². The average molecular weight is 1170 g/mol. The zero-order chi connectivity index (χ0) is 14.4. The first-order valence-corrected chi connectivity index (χ1v) is 5.19. The van der Waals surface area contributed by atoms with Crippen molar-refractivity contribution >= 4 is 5.97 Å². The Labute approximate surface area is 148 Å². The maximum Gasteiger partial charge on any atom is 0.265 e. The molecule has 0 fully saturated rings. The van der Waals surface area contributed by atoms with Crippen molar-refractivity contribution in [2.45, 2.75) is 13.8 Å². The molecule has 23 heavy (non-hydrogen) atoms. The van der Waals surface area contributed by atoms with Gasteiger partial charge in [-0.3, -0.25) is 4.79 Å². The average Bonchev–Trinajstić information content (AvgIpc) is 2.33. The zero-order valence-electron chi connectivity index (χ0n) is 12.5. The molecule has 0 unspecified atom stereocenters. The standard InChI is InChI=1S/C11H12N2O6.2Re.2Rf/c1-7-4-10(8(2)3-9(7)17-6-12)19-11(14)5-18-13(15)16;;;;/h3-5,12H,6H2,1-2H3;;;;/q-2;;;;. The van der Waals surface area contributed by atoms with Gasteiger partial charge >= 0.3 is 0 Å². The molecule has 1 rings (SSSR count). The second-order valence-corrected chi connectivity index (χ2v) is 3.54. The Balaban J connectivity index is -0.000000451. The number of carbonyl (C=O) groups is 1. The summed E-state index contributed by atoms with van der Waals surface area (Å²) < 4.78 is 9.94. The third-order valence-corrected chi connectivity index (χ3v) is 2.15. The Kier molecular flexibility index (Phi) is 15.3. The molecule has 1 N–H and O–H groups in total. The zero-order valence-corrected chi connectivity index (χ0v) is 30.7. The number of nitrogens with zero attached hydrogens (tertiary/aromatic N) is 1. The van der Waals surface area contributed by atoms with E-state index in [4.69, 9.17) is 15.2 Å². The van der Waals surface area contributed by atoms with Gasteiger partial charge in [0, 0.05) is 40.8 Å². The predicted molar refractivity (Wildman–Crippen MR) is 63.7 cm³/mol. The van der Waals surface area contributed by atoms with Crippen molar-refractivity contribution in [1.82, 2.24) is 0 Å². The molecule has 12 heteroatoms. The van der Waals surface area contributed by atoms with Crippen molar-refractivity contribution < 1.29 is 65.0 Å². The van der Waals surface area contributed by atoms with E-state index in [1.807, 2.05) is 0 Å². The van der Waals surface area contributed by atoms with Gasteiger partial charge in [0.25, 0.3) is 5.09 Å². The van der Waals surface area contributed by atoms with Crippen LogP contribution in [0.5, 0.6) is 11.5 Å². The largest absolute Gasteiger partial charge is 0.644 e. The van der Waals surface area contributed by atoms with Gasteiger partial charge in [0.1, 0.15) is 11.5 Å². The number of aryl methyl sites for hydroxylation is 2. The van der Waals surface area contributed by atoms with Crippen LogP contribution in [0.25, 0.3) is 5.73 Å². The Hall–Kier alpha value is -3.16. The number of benzene rings is 1. The SMILES string of the molecule is Cc1cc(OC(=O)[CH-]O[N+](=O)[O-])c(C)cc1OC[NH-].[Re].[Re].[Rf].[Rf]. The van der Waals surface area contributed by atoms with Crippen LogP contribution in [0.4, 0.5) is 0 Å². The maximum absolute atomic E-state index is 11.2. The van der Waals surface area contributed by atoms with E-state index in [0.717, 1.165) is 0 Å². The van der Waals surface area contributed by atoms with Crippen LogP contribution in [0.15, 0.2) is 12.1 Å². The van der Waals surface area contributed by atoms with Crippen LogP contribution >= 0.6 is 0 Å². The molecule has 0 saturated carbocycles. The van der Waals surface area contributed by atoms with Crippen LogP contribution in [0, 0.1) is 30.6 Å². The number of ether oxygens (including phenoxy) is 2. The minimum Gasteiger partial charge on any atom is -0.644 e. The van der Waals surface area contributed by atoms with Gasteiger partial charge in [0.05, 0.1) is 0 Å². The second-order valence-electron chi connectivity index (χ2n) is 3.54. The summed E-state index contributed by atoms with van der Waals surface area (Å²) in [6, 6.07) is 3.15. The van der Waals surface area contributed by atoms with Gasteiger partial charge in [-0.1, -0.05) is 0 Å². The number of rotatable bonds is 6. The van der Waals surface area contributed by atoms with Crippen molar-refractivity contribution in [2.24, 2.45) is 0 Å². The summed E-state index contributed by atoms with van der Waals surface area (Å²) in [6.07, 6.45) is 0. The number of esters is 1. The van der Waals surface area contributed by atoms with Crippen molar-refractivity contribution in [3.63, 3.8) is 0 Å². The van der Waals surface area contributed by atoms with Crippen molar-refractivity contribution in [3.05, 3.63) is 45.7 Å². The van der Waals surface area contributed by atoms with Crippen molar-refractivity contribution in [1.29, 1.82) is 0 Å². The van der Waals surface area contributed by atoms with Crippen molar-refractivity contribution in [2.75, 3.05) is 6.73 Å². The van der Waals surface area contributed by atoms with Gasteiger partial charge in [-0.05, 0) is 43.8 Å². The van der Waals surface area contributed by atoms with Gasteiger partial charge < -0.3 is 20.0 Å². The molecule has 0 atom stereocenters. The quantitative estimate of drug-likeness (QED) is 0.142. The molecule has 0 amide bonds. The molecule has 8 nitrogen and oxygen atoms in total. The fourth-order valence-corrected chi connectivity index (χ4v) is 1.32. The molecule has 0 heterocycles. The number of nitrogens with one attached hydrogen (secondary N) is 1. The molecular weight excluding hydrogens is 1160 g/mol. The second kappa shape index (κ2) is 12.6. The smallest absolute Gasteiger partial charge is 0.265 e. The summed E-state index contributed by atoms with van der Waals surface area (Å²) in [6.45, 7) is 3.54. The van der Waals surface area contributed by atoms with E-state index in [1.54, 1.807) is 19.9 Å². The molecule has 0 aliphatic carbocycles. The minimum absolute atomic E-state index is 0. The molecule has 1 aromatic rings. The van der Waals surface area contributed by atoms with Crippen LogP contribution < -0.4 is 9.47 Å². The summed E-state index contributed by atoms with van der Waals surface area (Å²) in [4.78, 5) is 24.9. The molecule has 1 aromatic carbocycles. The maximum atomic E-state index is 11.2. The third kappa shape index (κ3) is 8.66. The van der Waals surface area contributed by atoms with Crippen LogP contribution in [0.1, 0.15) is 11.1 Å². The van der Waals surface area contributed by atoms with Gasteiger partial charge in [-0.2, -0.15) is 0 Å². The van der Waals surface area contributed by atoms with E-state index >= 15 is 0 Å². The van der Waals surface area contributed by atoms with E-state index in [-0.39, 0.29) is 53.3 Å². The molecular formula is C11H12N2O6Re2Rf2-2. The first-order valence-electron chi connectivity index (χ1n) is 5.19. The van der Waals surface area contributed by atoms with Crippen LogP contribution in [0.3, 0.4) is 0 Å².